The van der Waals surface area contributed by atoms with Crippen molar-refractivity contribution in [3.8, 4) is 0 Å². The zero-order valence-electron chi connectivity index (χ0n) is 13.9. The average Bonchev–Trinajstić information content (AvgIpc) is 3.07. The van der Waals surface area contributed by atoms with Crippen molar-refractivity contribution in [3.05, 3.63) is 35.4 Å². The van der Waals surface area contributed by atoms with Crippen LogP contribution in [0, 0.1) is 6.92 Å². The van der Waals surface area contributed by atoms with Crippen LogP contribution in [0.15, 0.2) is 29.4 Å². The number of β-amino-alcohol motifs (C(OH)–C–C–N with tert-alkyl or cyclic N) is 1. The Morgan fingerprint density at radius 3 is 2.75 bits per heavy atom. The van der Waals surface area contributed by atoms with Crippen molar-refractivity contribution < 1.29 is 14.7 Å². The SMILES string of the molecule is Cc1ccc(C2CCN(C(=O)C3=NN(CCO)C(=O)CC3)C2)cc1. The van der Waals surface area contributed by atoms with Crippen molar-refractivity contribution in [2.45, 2.75) is 32.1 Å². The number of hydrogen-bond donors (Lipinski definition) is 1. The largest absolute Gasteiger partial charge is 0.394 e. The van der Waals surface area contributed by atoms with Gasteiger partial charge in [0, 0.05) is 31.8 Å². The van der Waals surface area contributed by atoms with E-state index in [2.05, 4.69) is 36.3 Å². The molecule has 2 heterocycles. The number of aliphatic hydroxyl groups excluding tert-OH is 1. The number of aliphatic hydroxyl groups is 1. The van der Waals surface area contributed by atoms with Crippen LogP contribution in [0.25, 0.3) is 0 Å². The Labute approximate surface area is 141 Å². The third-order valence-electron chi connectivity index (χ3n) is 4.69. The molecule has 1 unspecified atom stereocenters. The number of benzene rings is 1. The Bertz CT molecular complexity index is 654. The predicted molar refractivity (Wildman–Crippen MR) is 90.6 cm³/mol. The maximum absolute atomic E-state index is 12.7. The maximum Gasteiger partial charge on any atom is 0.270 e. The lowest BCUT2D eigenvalue weighted by molar-refractivity contribution is -0.132. The standard InChI is InChI=1S/C18H23N3O3/c1-13-2-4-14(5-3-13)15-8-9-20(12-15)18(24)16-6-7-17(23)21(19-16)10-11-22/h2-5,15,22H,6-12H2,1H3. The van der Waals surface area contributed by atoms with Crippen LogP contribution < -0.4 is 0 Å². The number of hydrogen-bond acceptors (Lipinski definition) is 4. The van der Waals surface area contributed by atoms with Gasteiger partial charge in [-0.2, -0.15) is 5.10 Å². The summed E-state index contributed by atoms with van der Waals surface area (Å²) >= 11 is 0. The van der Waals surface area contributed by atoms with E-state index in [4.69, 9.17) is 5.11 Å². The number of carbonyl (C=O) groups is 2. The first kappa shape index (κ1) is 16.6. The second-order valence-electron chi connectivity index (χ2n) is 6.43. The minimum Gasteiger partial charge on any atom is -0.394 e. The molecule has 6 nitrogen and oxygen atoms in total. The molecule has 2 aliphatic heterocycles. The first-order chi connectivity index (χ1) is 11.6. The van der Waals surface area contributed by atoms with E-state index in [9.17, 15) is 9.59 Å². The fraction of sp³-hybridized carbons (Fsp3) is 0.500. The summed E-state index contributed by atoms with van der Waals surface area (Å²) < 4.78 is 0. The second kappa shape index (κ2) is 7.13. The molecule has 1 aromatic rings. The van der Waals surface area contributed by atoms with E-state index in [1.54, 1.807) is 0 Å². The van der Waals surface area contributed by atoms with Gasteiger partial charge in [0.05, 0.1) is 13.2 Å². The van der Waals surface area contributed by atoms with Gasteiger partial charge in [-0.15, -0.1) is 0 Å². The van der Waals surface area contributed by atoms with Crippen molar-refractivity contribution in [2.24, 2.45) is 5.10 Å². The van der Waals surface area contributed by atoms with Crippen LogP contribution in [0.4, 0.5) is 0 Å². The number of likely N-dealkylation sites (tertiary alicyclic amines) is 1. The number of aryl methyl sites for hydroxylation is 1. The molecule has 0 radical (unpaired) electrons. The molecule has 0 spiro atoms. The van der Waals surface area contributed by atoms with Crippen molar-refractivity contribution in [1.29, 1.82) is 0 Å². The molecule has 24 heavy (non-hydrogen) atoms. The van der Waals surface area contributed by atoms with Crippen LogP contribution in [-0.2, 0) is 9.59 Å². The zero-order chi connectivity index (χ0) is 17.1. The average molecular weight is 329 g/mol. The molecule has 0 bridgehead atoms. The lowest BCUT2D eigenvalue weighted by atomic mass is 9.97. The molecule has 2 aliphatic rings. The molecule has 6 heteroatoms. The quantitative estimate of drug-likeness (QED) is 0.904. The van der Waals surface area contributed by atoms with Crippen LogP contribution in [-0.4, -0.2) is 58.8 Å². The highest BCUT2D eigenvalue weighted by atomic mass is 16.3. The monoisotopic (exact) mass is 329 g/mol. The van der Waals surface area contributed by atoms with Gasteiger partial charge >= 0.3 is 0 Å². The Kier molecular flexibility index (Phi) is 4.94. The number of hydrazone groups is 1. The summed E-state index contributed by atoms with van der Waals surface area (Å²) in [6.07, 6.45) is 1.60. The molecule has 0 aromatic heterocycles. The molecule has 2 amide bonds. The van der Waals surface area contributed by atoms with Gasteiger partial charge in [-0.05, 0) is 18.9 Å². The van der Waals surface area contributed by atoms with Gasteiger partial charge < -0.3 is 10.0 Å². The van der Waals surface area contributed by atoms with Gasteiger partial charge in [-0.25, -0.2) is 5.01 Å². The number of amides is 2. The summed E-state index contributed by atoms with van der Waals surface area (Å²) in [6, 6.07) is 8.47. The first-order valence-corrected chi connectivity index (χ1v) is 8.43. The van der Waals surface area contributed by atoms with Crippen molar-refractivity contribution in [2.75, 3.05) is 26.2 Å². The van der Waals surface area contributed by atoms with Crippen molar-refractivity contribution in [3.63, 3.8) is 0 Å². The molecule has 0 saturated carbocycles. The van der Waals surface area contributed by atoms with Gasteiger partial charge in [-0.1, -0.05) is 29.8 Å². The van der Waals surface area contributed by atoms with Crippen molar-refractivity contribution >= 4 is 17.5 Å². The van der Waals surface area contributed by atoms with Crippen molar-refractivity contribution in [1.82, 2.24) is 9.91 Å². The molecule has 1 fully saturated rings. The minimum absolute atomic E-state index is 0.0833. The lowest BCUT2D eigenvalue weighted by Gasteiger charge is -2.25. The molecule has 0 aliphatic carbocycles. The Balaban J connectivity index is 1.67. The van der Waals surface area contributed by atoms with Crippen LogP contribution >= 0.6 is 0 Å². The third kappa shape index (κ3) is 3.48. The van der Waals surface area contributed by atoms with Gasteiger partial charge in [0.15, 0.2) is 0 Å². The molecule has 1 aromatic carbocycles. The first-order valence-electron chi connectivity index (χ1n) is 8.43. The topological polar surface area (TPSA) is 73.2 Å². The maximum atomic E-state index is 12.7. The Morgan fingerprint density at radius 1 is 1.29 bits per heavy atom. The molecular formula is C18H23N3O3. The zero-order valence-corrected chi connectivity index (χ0v) is 13.9. The van der Waals surface area contributed by atoms with Gasteiger partial charge in [0.2, 0.25) is 5.91 Å². The van der Waals surface area contributed by atoms with E-state index >= 15 is 0 Å². The van der Waals surface area contributed by atoms with E-state index in [0.29, 0.717) is 31.1 Å². The predicted octanol–water partition coefficient (Wildman–Crippen LogP) is 1.28. The van der Waals surface area contributed by atoms with Gasteiger partial charge in [0.1, 0.15) is 5.71 Å². The van der Waals surface area contributed by atoms with Gasteiger partial charge in [-0.3, -0.25) is 9.59 Å². The number of carbonyl (C=O) groups excluding carboxylic acids is 2. The van der Waals surface area contributed by atoms with Gasteiger partial charge in [0.25, 0.3) is 5.91 Å². The summed E-state index contributed by atoms with van der Waals surface area (Å²) in [6.45, 7) is 3.45. The molecule has 3 rings (SSSR count). The van der Waals surface area contributed by atoms with Crippen LogP contribution in [0.1, 0.15) is 36.3 Å². The molecule has 1 atom stereocenters. The summed E-state index contributed by atoms with van der Waals surface area (Å²) in [5.41, 5.74) is 2.92. The van der Waals surface area contributed by atoms with E-state index < -0.39 is 0 Å². The minimum atomic E-state index is -0.157. The molecule has 1 saturated heterocycles. The smallest absolute Gasteiger partial charge is 0.270 e. The fourth-order valence-electron chi connectivity index (χ4n) is 3.26. The van der Waals surface area contributed by atoms with Crippen LogP contribution in [0.3, 0.4) is 0 Å². The second-order valence-corrected chi connectivity index (χ2v) is 6.43. The summed E-state index contributed by atoms with van der Waals surface area (Å²) in [4.78, 5) is 26.2. The Hall–Kier alpha value is -2.21. The normalized spacial score (nSPS) is 21.2. The van der Waals surface area contributed by atoms with Crippen LogP contribution in [0.5, 0.6) is 0 Å². The molecular weight excluding hydrogens is 306 g/mol. The number of rotatable bonds is 4. The van der Waals surface area contributed by atoms with E-state index in [1.807, 2.05) is 4.90 Å². The highest BCUT2D eigenvalue weighted by Crippen LogP contribution is 2.28. The van der Waals surface area contributed by atoms with E-state index in [0.717, 1.165) is 6.42 Å². The fourth-order valence-corrected chi connectivity index (χ4v) is 3.26. The molecule has 1 N–H and O–H groups in total. The highest BCUT2D eigenvalue weighted by Gasteiger charge is 2.32. The highest BCUT2D eigenvalue weighted by molar-refractivity contribution is 6.39. The van der Waals surface area contributed by atoms with E-state index in [-0.39, 0.29) is 31.4 Å². The third-order valence-corrected chi connectivity index (χ3v) is 4.69. The van der Waals surface area contributed by atoms with Crippen LogP contribution in [0.2, 0.25) is 0 Å². The van der Waals surface area contributed by atoms with E-state index in [1.165, 1.54) is 16.1 Å². The number of nitrogens with zero attached hydrogens (tertiary/aromatic N) is 3. The summed E-state index contributed by atoms with van der Waals surface area (Å²) in [5.74, 6) is 0.133. The molecule has 128 valence electrons. The lowest BCUT2D eigenvalue weighted by Crippen LogP contribution is -2.41. The summed E-state index contributed by atoms with van der Waals surface area (Å²) in [5, 5.41) is 14.4. The summed E-state index contributed by atoms with van der Waals surface area (Å²) in [7, 11) is 0. The Morgan fingerprint density at radius 2 is 2.04 bits per heavy atom.